The second-order valence-corrected chi connectivity index (χ2v) is 2.95. The van der Waals surface area contributed by atoms with E-state index in [1.807, 2.05) is 18.2 Å². The van der Waals surface area contributed by atoms with Gasteiger partial charge in [-0.05, 0) is 12.1 Å². The lowest BCUT2D eigenvalue weighted by Crippen LogP contribution is -1.81. The van der Waals surface area contributed by atoms with E-state index in [1.165, 1.54) is 0 Å². The molecule has 12 heavy (non-hydrogen) atoms. The molecule has 0 bridgehead atoms. The number of nitrogens with zero attached hydrogens (tertiary/aromatic N) is 1. The maximum absolute atomic E-state index is 5.27. The molecule has 1 aromatic carbocycles. The Morgan fingerprint density at radius 2 is 2.33 bits per heavy atom. The molecule has 0 N–H and O–H groups in total. The van der Waals surface area contributed by atoms with Crippen LogP contribution in [-0.4, -0.2) is 12.1 Å². The fourth-order valence-corrected chi connectivity index (χ4v) is 1.41. The van der Waals surface area contributed by atoms with Gasteiger partial charge in [0.25, 0.3) is 4.80 Å². The van der Waals surface area contributed by atoms with Crippen molar-refractivity contribution in [2.45, 2.75) is 0 Å². The van der Waals surface area contributed by atoms with Crippen molar-refractivity contribution in [1.29, 1.82) is 0 Å². The molecule has 0 saturated heterocycles. The van der Waals surface area contributed by atoms with Crippen LogP contribution in [0.3, 0.4) is 0 Å². The van der Waals surface area contributed by atoms with E-state index in [2.05, 4.69) is 20.9 Å². The lowest BCUT2D eigenvalue weighted by molar-refractivity contribution is 0.408. The second-order valence-electron chi connectivity index (χ2n) is 2.28. The lowest BCUT2D eigenvalue weighted by atomic mass is 10.3. The summed E-state index contributed by atoms with van der Waals surface area (Å²) < 4.78 is 10.4. The molecule has 1 heterocycles. The van der Waals surface area contributed by atoms with Crippen LogP contribution in [0.4, 0.5) is 0 Å². The van der Waals surface area contributed by atoms with Gasteiger partial charge in [0.15, 0.2) is 11.3 Å². The Morgan fingerprint density at radius 1 is 1.50 bits per heavy atom. The highest BCUT2D eigenvalue weighted by Crippen LogP contribution is 2.27. The first kappa shape index (κ1) is 7.61. The Hall–Kier alpha value is -1.03. The summed E-state index contributed by atoms with van der Waals surface area (Å²) in [5.74, 6) is 0.700. The van der Waals surface area contributed by atoms with Crippen LogP contribution in [0.5, 0.6) is 5.75 Å². The van der Waals surface area contributed by atoms with E-state index in [4.69, 9.17) is 9.15 Å². The molecule has 2 rings (SSSR count). The SMILES string of the molecule is COc1cccc2nc(Br)oc12. The van der Waals surface area contributed by atoms with E-state index in [9.17, 15) is 0 Å². The lowest BCUT2D eigenvalue weighted by Gasteiger charge is -1.96. The molecule has 0 atom stereocenters. The Bertz CT molecular complexity index is 410. The van der Waals surface area contributed by atoms with Crippen molar-refractivity contribution in [2.75, 3.05) is 7.11 Å². The molecule has 0 unspecified atom stereocenters. The van der Waals surface area contributed by atoms with Gasteiger partial charge in [0, 0.05) is 15.9 Å². The summed E-state index contributed by atoms with van der Waals surface area (Å²) in [6, 6.07) is 5.57. The van der Waals surface area contributed by atoms with Crippen LogP contribution < -0.4 is 4.74 Å². The highest BCUT2D eigenvalue weighted by atomic mass is 79.9. The molecule has 0 saturated carbocycles. The molecule has 0 amide bonds. The summed E-state index contributed by atoms with van der Waals surface area (Å²) in [5, 5.41) is 0. The molecule has 0 aliphatic rings. The predicted octanol–water partition coefficient (Wildman–Crippen LogP) is 2.60. The normalized spacial score (nSPS) is 10.5. The molecule has 4 heteroatoms. The van der Waals surface area contributed by atoms with Crippen molar-refractivity contribution in [2.24, 2.45) is 0 Å². The number of methoxy groups -OCH3 is 1. The van der Waals surface area contributed by atoms with Gasteiger partial charge in [0.2, 0.25) is 0 Å². The Balaban J connectivity index is 2.78. The van der Waals surface area contributed by atoms with Crippen LogP contribution in [0, 0.1) is 0 Å². The molecular weight excluding hydrogens is 222 g/mol. The molecule has 1 aromatic heterocycles. The van der Waals surface area contributed by atoms with Crippen molar-refractivity contribution < 1.29 is 9.15 Å². The first-order chi connectivity index (χ1) is 5.81. The van der Waals surface area contributed by atoms with Gasteiger partial charge in [-0.3, -0.25) is 0 Å². The van der Waals surface area contributed by atoms with Crippen LogP contribution in [0.15, 0.2) is 27.4 Å². The molecule has 0 radical (unpaired) electrons. The maximum Gasteiger partial charge on any atom is 0.265 e. The van der Waals surface area contributed by atoms with Crippen molar-refractivity contribution in [1.82, 2.24) is 4.98 Å². The zero-order valence-corrected chi connectivity index (χ0v) is 7.96. The van der Waals surface area contributed by atoms with Gasteiger partial charge in [0.05, 0.1) is 7.11 Å². The van der Waals surface area contributed by atoms with Crippen LogP contribution in [0.1, 0.15) is 0 Å². The van der Waals surface area contributed by atoms with E-state index in [0.717, 1.165) is 5.52 Å². The van der Waals surface area contributed by atoms with Crippen molar-refractivity contribution in [3.05, 3.63) is 23.0 Å². The van der Waals surface area contributed by atoms with Gasteiger partial charge in [-0.1, -0.05) is 6.07 Å². The van der Waals surface area contributed by atoms with Gasteiger partial charge < -0.3 is 9.15 Å². The number of aromatic nitrogens is 1. The summed E-state index contributed by atoms with van der Waals surface area (Å²) >= 11 is 3.15. The Labute approximate surface area is 77.5 Å². The van der Waals surface area contributed by atoms with E-state index < -0.39 is 0 Å². The summed E-state index contributed by atoms with van der Waals surface area (Å²) in [7, 11) is 1.60. The average molecular weight is 228 g/mol. The fourth-order valence-electron chi connectivity index (χ4n) is 1.06. The zero-order chi connectivity index (χ0) is 8.55. The number of ether oxygens (including phenoxy) is 1. The summed E-state index contributed by atoms with van der Waals surface area (Å²) in [6.45, 7) is 0. The van der Waals surface area contributed by atoms with Gasteiger partial charge in [-0.15, -0.1) is 0 Å². The number of halogens is 1. The van der Waals surface area contributed by atoms with Crippen LogP contribution in [0.25, 0.3) is 11.1 Å². The number of rotatable bonds is 1. The molecule has 0 aliphatic heterocycles. The van der Waals surface area contributed by atoms with Crippen molar-refractivity contribution in [3.8, 4) is 5.75 Å². The van der Waals surface area contributed by atoms with Gasteiger partial charge >= 0.3 is 0 Å². The minimum absolute atomic E-state index is 0.474. The molecule has 0 spiro atoms. The standard InChI is InChI=1S/C8H6BrNO2/c1-11-6-4-2-3-5-7(6)12-8(9)10-5/h2-4H,1H3. The minimum atomic E-state index is 0.474. The summed E-state index contributed by atoms with van der Waals surface area (Å²) in [5.41, 5.74) is 1.47. The monoisotopic (exact) mass is 227 g/mol. The first-order valence-corrected chi connectivity index (χ1v) is 4.19. The number of hydrogen-bond acceptors (Lipinski definition) is 3. The Morgan fingerprint density at radius 3 is 3.08 bits per heavy atom. The zero-order valence-electron chi connectivity index (χ0n) is 6.37. The van der Waals surface area contributed by atoms with Crippen LogP contribution >= 0.6 is 15.9 Å². The number of benzene rings is 1. The van der Waals surface area contributed by atoms with E-state index in [-0.39, 0.29) is 0 Å². The number of hydrogen-bond donors (Lipinski definition) is 0. The van der Waals surface area contributed by atoms with E-state index in [1.54, 1.807) is 7.11 Å². The molecule has 0 aliphatic carbocycles. The van der Waals surface area contributed by atoms with Crippen molar-refractivity contribution >= 4 is 27.0 Å². The van der Waals surface area contributed by atoms with Crippen LogP contribution in [0.2, 0.25) is 0 Å². The quantitative estimate of drug-likeness (QED) is 0.752. The first-order valence-electron chi connectivity index (χ1n) is 3.40. The predicted molar refractivity (Wildman–Crippen MR) is 48.3 cm³/mol. The van der Waals surface area contributed by atoms with E-state index >= 15 is 0 Å². The smallest absolute Gasteiger partial charge is 0.265 e. The third-order valence-corrected chi connectivity index (χ3v) is 1.91. The van der Waals surface area contributed by atoms with Crippen molar-refractivity contribution in [3.63, 3.8) is 0 Å². The molecule has 0 fully saturated rings. The maximum atomic E-state index is 5.27. The third kappa shape index (κ3) is 1.08. The average Bonchev–Trinajstić information content (AvgIpc) is 2.44. The van der Waals surface area contributed by atoms with E-state index in [0.29, 0.717) is 16.1 Å². The molecular formula is C8H6BrNO2. The highest BCUT2D eigenvalue weighted by molar-refractivity contribution is 9.10. The largest absolute Gasteiger partial charge is 0.493 e. The second kappa shape index (κ2) is 2.79. The number of para-hydroxylation sites is 1. The number of oxazole rings is 1. The Kier molecular flexibility index (Phi) is 1.77. The minimum Gasteiger partial charge on any atom is -0.493 e. The summed E-state index contributed by atoms with van der Waals surface area (Å²) in [4.78, 5) is 4.57. The highest BCUT2D eigenvalue weighted by Gasteiger charge is 2.07. The fraction of sp³-hybridized carbons (Fsp3) is 0.125. The van der Waals surface area contributed by atoms with Crippen LogP contribution in [-0.2, 0) is 0 Å². The third-order valence-electron chi connectivity index (χ3n) is 1.57. The molecule has 62 valence electrons. The van der Waals surface area contributed by atoms with Gasteiger partial charge in [-0.25, -0.2) is 4.98 Å². The summed E-state index contributed by atoms with van der Waals surface area (Å²) in [6.07, 6.45) is 0. The van der Waals surface area contributed by atoms with Gasteiger partial charge in [0.1, 0.15) is 5.52 Å². The topological polar surface area (TPSA) is 35.3 Å². The number of fused-ring (bicyclic) bond motifs is 1. The molecule has 3 nitrogen and oxygen atoms in total. The van der Waals surface area contributed by atoms with Gasteiger partial charge in [-0.2, -0.15) is 0 Å². The molecule has 2 aromatic rings.